The summed E-state index contributed by atoms with van der Waals surface area (Å²) in [5, 5.41) is 4.52. The van der Waals surface area contributed by atoms with Crippen molar-refractivity contribution in [2.75, 3.05) is 13.3 Å². The fourth-order valence-corrected chi connectivity index (χ4v) is 3.02. The largest absolute Gasteiger partial charge is 0.300 e. The van der Waals surface area contributed by atoms with Gasteiger partial charge in [0.15, 0.2) is 4.77 Å². The van der Waals surface area contributed by atoms with Crippen molar-refractivity contribution in [3.63, 3.8) is 0 Å². The van der Waals surface area contributed by atoms with Gasteiger partial charge in [-0.15, -0.1) is 18.3 Å². The van der Waals surface area contributed by atoms with E-state index >= 15 is 0 Å². The van der Waals surface area contributed by atoms with Crippen LogP contribution in [0.2, 0.25) is 0 Å². The summed E-state index contributed by atoms with van der Waals surface area (Å²) in [6.07, 6.45) is 3.93. The molecule has 0 unspecified atom stereocenters. The number of aryl methyl sites for hydroxylation is 1. The molecule has 0 aliphatic heterocycles. The van der Waals surface area contributed by atoms with E-state index < -0.39 is 0 Å². The highest BCUT2D eigenvalue weighted by atomic mass is 32.2. The van der Waals surface area contributed by atoms with Gasteiger partial charge in [-0.3, -0.25) is 4.90 Å². The van der Waals surface area contributed by atoms with Crippen molar-refractivity contribution in [3.05, 3.63) is 53.1 Å². The van der Waals surface area contributed by atoms with E-state index in [9.17, 15) is 0 Å². The van der Waals surface area contributed by atoms with Gasteiger partial charge in [0.25, 0.3) is 0 Å². The molecule has 6 heteroatoms. The highest BCUT2D eigenvalue weighted by Gasteiger charge is 2.08. The molecule has 0 spiro atoms. The van der Waals surface area contributed by atoms with Crippen molar-refractivity contribution < 1.29 is 0 Å². The number of hydrogen-bond donors (Lipinski definition) is 0. The highest BCUT2D eigenvalue weighted by molar-refractivity contribution is 7.98. The van der Waals surface area contributed by atoms with Crippen LogP contribution < -0.4 is 0 Å². The summed E-state index contributed by atoms with van der Waals surface area (Å²) in [4.78, 5) is 3.49. The molecular formula is C16H22N4S2. The van der Waals surface area contributed by atoms with E-state index in [1.54, 1.807) is 11.8 Å². The topological polar surface area (TPSA) is 26.0 Å². The third-order valence-electron chi connectivity index (χ3n) is 3.41. The lowest BCUT2D eigenvalue weighted by atomic mass is 10.2. The van der Waals surface area contributed by atoms with Gasteiger partial charge < -0.3 is 4.57 Å². The van der Waals surface area contributed by atoms with Crippen LogP contribution >= 0.6 is 24.0 Å². The molecule has 0 fully saturated rings. The molecule has 1 heterocycles. The maximum Gasteiger partial charge on any atom is 0.199 e. The molecular weight excluding hydrogens is 312 g/mol. The SMILES string of the molecule is C=CCn1c(C)nn(CN(C)Cc2ccc(SC)cc2)c1=S. The lowest BCUT2D eigenvalue weighted by molar-refractivity contribution is 0.243. The Hall–Kier alpha value is -1.37. The zero-order chi connectivity index (χ0) is 16.1. The number of aromatic nitrogens is 3. The lowest BCUT2D eigenvalue weighted by Gasteiger charge is -2.16. The van der Waals surface area contributed by atoms with Gasteiger partial charge in [0.2, 0.25) is 0 Å². The first-order valence-electron chi connectivity index (χ1n) is 7.11. The predicted octanol–water partition coefficient (Wildman–Crippen LogP) is 3.72. The second-order valence-corrected chi connectivity index (χ2v) is 6.48. The average Bonchev–Trinajstić information content (AvgIpc) is 2.76. The summed E-state index contributed by atoms with van der Waals surface area (Å²) in [5.74, 6) is 0.919. The molecule has 0 atom stereocenters. The molecule has 118 valence electrons. The van der Waals surface area contributed by atoms with E-state index in [4.69, 9.17) is 12.2 Å². The summed E-state index contributed by atoms with van der Waals surface area (Å²) in [7, 11) is 2.08. The molecule has 1 aromatic heterocycles. The molecule has 0 radical (unpaired) electrons. The lowest BCUT2D eigenvalue weighted by Crippen LogP contribution is -2.22. The molecule has 0 saturated carbocycles. The first-order chi connectivity index (χ1) is 10.5. The van der Waals surface area contributed by atoms with Gasteiger partial charge in [-0.25, -0.2) is 4.68 Å². The van der Waals surface area contributed by atoms with Crippen molar-refractivity contribution in [1.82, 2.24) is 19.2 Å². The normalized spacial score (nSPS) is 11.1. The van der Waals surface area contributed by atoms with Crippen molar-refractivity contribution in [2.24, 2.45) is 0 Å². The first-order valence-corrected chi connectivity index (χ1v) is 8.75. The van der Waals surface area contributed by atoms with E-state index in [-0.39, 0.29) is 0 Å². The van der Waals surface area contributed by atoms with Gasteiger partial charge in [0.05, 0.1) is 6.67 Å². The molecule has 2 rings (SSSR count). The minimum Gasteiger partial charge on any atom is -0.300 e. The Morgan fingerprint density at radius 1 is 1.36 bits per heavy atom. The summed E-state index contributed by atoms with van der Waals surface area (Å²) < 4.78 is 4.59. The predicted molar refractivity (Wildman–Crippen MR) is 95.7 cm³/mol. The van der Waals surface area contributed by atoms with Crippen LogP contribution in [0.15, 0.2) is 41.8 Å². The summed E-state index contributed by atoms with van der Waals surface area (Å²) in [6, 6.07) is 8.65. The third-order valence-corrected chi connectivity index (χ3v) is 4.58. The molecule has 0 bridgehead atoms. The second-order valence-electron chi connectivity index (χ2n) is 5.23. The van der Waals surface area contributed by atoms with Crippen LogP contribution in [0.4, 0.5) is 0 Å². The fraction of sp³-hybridized carbons (Fsp3) is 0.375. The maximum atomic E-state index is 5.48. The van der Waals surface area contributed by atoms with E-state index in [1.807, 2.05) is 22.2 Å². The number of benzene rings is 1. The Labute approximate surface area is 141 Å². The molecule has 0 saturated heterocycles. The van der Waals surface area contributed by atoms with E-state index in [0.717, 1.165) is 17.1 Å². The van der Waals surface area contributed by atoms with Gasteiger partial charge in [0, 0.05) is 18.0 Å². The monoisotopic (exact) mass is 334 g/mol. The maximum absolute atomic E-state index is 5.48. The Morgan fingerprint density at radius 3 is 2.64 bits per heavy atom. The Balaban J connectivity index is 2.05. The van der Waals surface area contributed by atoms with Crippen LogP contribution in [0.25, 0.3) is 0 Å². The van der Waals surface area contributed by atoms with Crippen LogP contribution in [0.1, 0.15) is 11.4 Å². The third kappa shape index (κ3) is 4.09. The number of rotatable bonds is 7. The number of thioether (sulfide) groups is 1. The van der Waals surface area contributed by atoms with Crippen molar-refractivity contribution in [1.29, 1.82) is 0 Å². The molecule has 4 nitrogen and oxygen atoms in total. The second kappa shape index (κ2) is 7.76. The van der Waals surface area contributed by atoms with E-state index in [2.05, 4.69) is 54.1 Å². The van der Waals surface area contributed by atoms with Gasteiger partial charge >= 0.3 is 0 Å². The molecule has 22 heavy (non-hydrogen) atoms. The first kappa shape index (κ1) is 17.0. The molecule has 0 aliphatic carbocycles. The van der Waals surface area contributed by atoms with E-state index in [0.29, 0.717) is 13.2 Å². The van der Waals surface area contributed by atoms with Crippen LogP contribution in [-0.2, 0) is 19.8 Å². The smallest absolute Gasteiger partial charge is 0.199 e. The minimum absolute atomic E-state index is 0.675. The van der Waals surface area contributed by atoms with Crippen LogP contribution in [0, 0.1) is 11.7 Å². The van der Waals surface area contributed by atoms with E-state index in [1.165, 1.54) is 10.5 Å². The summed E-state index contributed by atoms with van der Waals surface area (Å²) in [5.41, 5.74) is 1.29. The van der Waals surface area contributed by atoms with Gasteiger partial charge in [-0.1, -0.05) is 18.2 Å². The zero-order valence-corrected chi connectivity index (χ0v) is 15.0. The summed E-state index contributed by atoms with van der Waals surface area (Å²) in [6.45, 7) is 7.97. The van der Waals surface area contributed by atoms with Crippen molar-refractivity contribution in [3.8, 4) is 0 Å². The van der Waals surface area contributed by atoms with Crippen LogP contribution in [0.3, 0.4) is 0 Å². The van der Waals surface area contributed by atoms with Gasteiger partial charge in [-0.2, -0.15) is 5.10 Å². The Morgan fingerprint density at radius 2 is 2.05 bits per heavy atom. The number of nitrogens with zero attached hydrogens (tertiary/aromatic N) is 4. The number of hydrogen-bond acceptors (Lipinski definition) is 4. The number of allylic oxidation sites excluding steroid dienone is 1. The van der Waals surface area contributed by atoms with Crippen molar-refractivity contribution in [2.45, 2.75) is 31.6 Å². The molecule has 0 aliphatic rings. The minimum atomic E-state index is 0.675. The van der Waals surface area contributed by atoms with Crippen molar-refractivity contribution >= 4 is 24.0 Å². The Kier molecular flexibility index (Phi) is 5.99. The average molecular weight is 335 g/mol. The molecule has 2 aromatic rings. The molecule has 0 amide bonds. The van der Waals surface area contributed by atoms with Gasteiger partial charge in [0.1, 0.15) is 5.82 Å². The van der Waals surface area contributed by atoms with Crippen LogP contribution in [-0.4, -0.2) is 32.6 Å². The quantitative estimate of drug-likeness (QED) is 0.438. The Bertz CT molecular complexity index is 685. The van der Waals surface area contributed by atoms with Gasteiger partial charge in [-0.05, 0) is 50.1 Å². The standard InChI is InChI=1S/C16H22N4S2/c1-5-10-19-13(2)17-20(16(19)21)12-18(3)11-14-6-8-15(22-4)9-7-14/h5-9H,1,10-12H2,2-4H3. The zero-order valence-electron chi connectivity index (χ0n) is 13.3. The highest BCUT2D eigenvalue weighted by Crippen LogP contribution is 2.15. The molecule has 0 N–H and O–H groups in total. The van der Waals surface area contributed by atoms with Crippen LogP contribution in [0.5, 0.6) is 0 Å². The fourth-order valence-electron chi connectivity index (χ4n) is 2.30. The summed E-state index contributed by atoms with van der Waals surface area (Å²) >= 11 is 7.24. The molecule has 1 aromatic carbocycles.